The Bertz CT molecular complexity index is 1470. The van der Waals surface area contributed by atoms with E-state index in [2.05, 4.69) is 10.3 Å². The number of carbonyl (C=O) groups is 2. The van der Waals surface area contributed by atoms with Crippen LogP contribution in [0.15, 0.2) is 77.6 Å². The molecular weight excluding hydrogens is 420 g/mol. The molecule has 33 heavy (non-hydrogen) atoms. The lowest BCUT2D eigenvalue weighted by atomic mass is 10.2. The lowest BCUT2D eigenvalue weighted by Gasteiger charge is -2.11. The molecular formula is C25H18N4O4. The number of anilines is 1. The van der Waals surface area contributed by atoms with Crippen LogP contribution in [-0.4, -0.2) is 28.0 Å². The van der Waals surface area contributed by atoms with Crippen molar-refractivity contribution >= 4 is 28.5 Å². The minimum atomic E-state index is -0.678. The molecule has 3 aromatic carbocycles. The van der Waals surface area contributed by atoms with Crippen LogP contribution in [0.4, 0.5) is 5.69 Å². The third kappa shape index (κ3) is 4.62. The Morgan fingerprint density at radius 3 is 2.58 bits per heavy atom. The van der Waals surface area contributed by atoms with Gasteiger partial charge in [-0.25, -0.2) is 9.78 Å². The number of aryl methyl sites for hydroxylation is 1. The second-order valence-corrected chi connectivity index (χ2v) is 7.18. The third-order valence-corrected chi connectivity index (χ3v) is 4.91. The fraction of sp³-hybridized carbons (Fsp3) is 0.0800. The molecule has 8 heteroatoms. The van der Waals surface area contributed by atoms with Gasteiger partial charge in [0.1, 0.15) is 5.82 Å². The van der Waals surface area contributed by atoms with E-state index >= 15 is 0 Å². The van der Waals surface area contributed by atoms with Gasteiger partial charge in [0.15, 0.2) is 6.61 Å². The molecule has 0 saturated heterocycles. The Labute approximate surface area is 188 Å². The number of para-hydroxylation sites is 1. The van der Waals surface area contributed by atoms with Gasteiger partial charge < -0.3 is 10.1 Å². The lowest BCUT2D eigenvalue weighted by molar-refractivity contribution is -0.119. The fourth-order valence-corrected chi connectivity index (χ4v) is 3.37. The Balaban J connectivity index is 1.45. The van der Waals surface area contributed by atoms with Gasteiger partial charge in [0.05, 0.1) is 33.8 Å². The van der Waals surface area contributed by atoms with E-state index in [1.54, 1.807) is 55.5 Å². The van der Waals surface area contributed by atoms with E-state index in [1.807, 2.05) is 12.1 Å². The summed E-state index contributed by atoms with van der Waals surface area (Å²) in [5.41, 5.74) is 2.05. The summed E-state index contributed by atoms with van der Waals surface area (Å²) in [6.45, 7) is 1.26. The van der Waals surface area contributed by atoms with E-state index in [0.717, 1.165) is 0 Å². The molecule has 4 rings (SSSR count). The van der Waals surface area contributed by atoms with Gasteiger partial charge in [-0.2, -0.15) is 5.26 Å². The number of fused-ring (bicyclic) bond motifs is 1. The average Bonchev–Trinajstić information content (AvgIpc) is 2.83. The molecule has 1 amide bonds. The Morgan fingerprint density at radius 2 is 1.82 bits per heavy atom. The minimum absolute atomic E-state index is 0.203. The molecule has 0 unspecified atom stereocenters. The van der Waals surface area contributed by atoms with Crippen molar-refractivity contribution in [2.24, 2.45) is 0 Å². The van der Waals surface area contributed by atoms with Crippen LogP contribution >= 0.6 is 0 Å². The van der Waals surface area contributed by atoms with Gasteiger partial charge in [0.2, 0.25) is 0 Å². The van der Waals surface area contributed by atoms with Crippen molar-refractivity contribution in [3.05, 3.63) is 100 Å². The standard InChI is InChI=1S/C25H18N4O4/c1-16-27-22-8-3-2-7-21(22)24(31)29(16)20-11-9-18(10-12-20)25(32)33-15-23(30)28-19-6-4-5-17(13-19)14-26/h2-13H,15H2,1H3,(H,28,30). The topological polar surface area (TPSA) is 114 Å². The predicted octanol–water partition coefficient (Wildman–Crippen LogP) is 3.36. The van der Waals surface area contributed by atoms with Gasteiger partial charge in [-0.05, 0) is 61.5 Å². The Hall–Kier alpha value is -4.77. The minimum Gasteiger partial charge on any atom is -0.452 e. The molecule has 8 nitrogen and oxygen atoms in total. The van der Waals surface area contributed by atoms with Crippen LogP contribution < -0.4 is 10.9 Å². The largest absolute Gasteiger partial charge is 0.452 e. The normalized spacial score (nSPS) is 10.4. The van der Waals surface area contributed by atoms with Crippen molar-refractivity contribution in [2.75, 3.05) is 11.9 Å². The summed E-state index contributed by atoms with van der Waals surface area (Å²) in [6, 6.07) is 21.8. The number of hydrogen-bond donors (Lipinski definition) is 1. The van der Waals surface area contributed by atoms with Gasteiger partial charge >= 0.3 is 5.97 Å². The SMILES string of the molecule is Cc1nc2ccccc2c(=O)n1-c1ccc(C(=O)OCC(=O)Nc2cccc(C#N)c2)cc1. The number of carbonyl (C=O) groups excluding carboxylic acids is 2. The van der Waals surface area contributed by atoms with Gasteiger partial charge in [-0.1, -0.05) is 18.2 Å². The van der Waals surface area contributed by atoms with Gasteiger partial charge in [-0.3, -0.25) is 14.2 Å². The van der Waals surface area contributed by atoms with Crippen molar-refractivity contribution < 1.29 is 14.3 Å². The highest BCUT2D eigenvalue weighted by Gasteiger charge is 2.13. The fourth-order valence-electron chi connectivity index (χ4n) is 3.37. The maximum atomic E-state index is 12.9. The van der Waals surface area contributed by atoms with Crippen LogP contribution in [0.5, 0.6) is 0 Å². The molecule has 0 radical (unpaired) electrons. The molecule has 0 aliphatic rings. The number of benzene rings is 3. The number of rotatable bonds is 5. The lowest BCUT2D eigenvalue weighted by Crippen LogP contribution is -2.22. The highest BCUT2D eigenvalue weighted by Crippen LogP contribution is 2.14. The molecule has 0 saturated carbocycles. The summed E-state index contributed by atoms with van der Waals surface area (Å²) in [4.78, 5) is 41.8. The number of nitrogens with one attached hydrogen (secondary N) is 1. The first-order chi connectivity index (χ1) is 16.0. The summed E-state index contributed by atoms with van der Waals surface area (Å²) in [5.74, 6) is -0.686. The van der Waals surface area contributed by atoms with E-state index in [0.29, 0.717) is 33.7 Å². The average molecular weight is 438 g/mol. The van der Waals surface area contributed by atoms with Crippen LogP contribution in [0.1, 0.15) is 21.7 Å². The third-order valence-electron chi connectivity index (χ3n) is 4.91. The van der Waals surface area contributed by atoms with Crippen LogP contribution in [-0.2, 0) is 9.53 Å². The number of nitrogens with zero attached hydrogens (tertiary/aromatic N) is 3. The van der Waals surface area contributed by atoms with E-state index in [4.69, 9.17) is 10.00 Å². The number of esters is 1. The monoisotopic (exact) mass is 438 g/mol. The molecule has 0 aliphatic heterocycles. The van der Waals surface area contributed by atoms with Crippen LogP contribution in [0.25, 0.3) is 16.6 Å². The van der Waals surface area contributed by atoms with Crippen molar-refractivity contribution in [3.8, 4) is 11.8 Å². The van der Waals surface area contributed by atoms with E-state index < -0.39 is 18.5 Å². The number of hydrogen-bond acceptors (Lipinski definition) is 6. The molecule has 162 valence electrons. The molecule has 0 fully saturated rings. The van der Waals surface area contributed by atoms with Gasteiger partial charge in [0, 0.05) is 5.69 Å². The number of aromatic nitrogens is 2. The van der Waals surface area contributed by atoms with Crippen molar-refractivity contribution in [1.82, 2.24) is 9.55 Å². The first-order valence-electron chi connectivity index (χ1n) is 10.0. The molecule has 0 aliphatic carbocycles. The van der Waals surface area contributed by atoms with Gasteiger partial charge in [0.25, 0.3) is 11.5 Å². The number of nitriles is 1. The van der Waals surface area contributed by atoms with Crippen LogP contribution in [0, 0.1) is 18.3 Å². The second-order valence-electron chi connectivity index (χ2n) is 7.18. The summed E-state index contributed by atoms with van der Waals surface area (Å²) in [6.07, 6.45) is 0. The maximum absolute atomic E-state index is 12.9. The van der Waals surface area contributed by atoms with Crippen molar-refractivity contribution in [1.29, 1.82) is 5.26 Å². The zero-order valence-electron chi connectivity index (χ0n) is 17.6. The summed E-state index contributed by atoms with van der Waals surface area (Å²) < 4.78 is 6.54. The van der Waals surface area contributed by atoms with Crippen molar-refractivity contribution in [3.63, 3.8) is 0 Å². The van der Waals surface area contributed by atoms with E-state index in [-0.39, 0.29) is 11.1 Å². The summed E-state index contributed by atoms with van der Waals surface area (Å²) in [7, 11) is 0. The predicted molar refractivity (Wildman–Crippen MR) is 122 cm³/mol. The molecule has 1 N–H and O–H groups in total. The quantitative estimate of drug-likeness (QED) is 0.478. The second kappa shape index (κ2) is 9.16. The van der Waals surface area contributed by atoms with Gasteiger partial charge in [-0.15, -0.1) is 0 Å². The highest BCUT2D eigenvalue weighted by molar-refractivity contribution is 5.95. The van der Waals surface area contributed by atoms with Crippen LogP contribution in [0.3, 0.4) is 0 Å². The summed E-state index contributed by atoms with van der Waals surface area (Å²) >= 11 is 0. The molecule has 0 bridgehead atoms. The smallest absolute Gasteiger partial charge is 0.338 e. The Morgan fingerprint density at radius 1 is 1.06 bits per heavy atom. The highest BCUT2D eigenvalue weighted by atomic mass is 16.5. The number of amides is 1. The first kappa shape index (κ1) is 21.5. The van der Waals surface area contributed by atoms with Crippen LogP contribution in [0.2, 0.25) is 0 Å². The van der Waals surface area contributed by atoms with E-state index in [9.17, 15) is 14.4 Å². The zero-order chi connectivity index (χ0) is 23.4. The number of ether oxygens (including phenoxy) is 1. The molecule has 1 aromatic heterocycles. The summed E-state index contributed by atoms with van der Waals surface area (Å²) in [5, 5.41) is 12.0. The van der Waals surface area contributed by atoms with E-state index in [1.165, 1.54) is 22.8 Å². The molecule has 0 spiro atoms. The Kier molecular flexibility index (Phi) is 5.96. The van der Waals surface area contributed by atoms with Crippen molar-refractivity contribution in [2.45, 2.75) is 6.92 Å². The zero-order valence-corrected chi connectivity index (χ0v) is 17.6. The first-order valence-corrected chi connectivity index (χ1v) is 10.0. The maximum Gasteiger partial charge on any atom is 0.338 e. The molecule has 4 aromatic rings. The molecule has 1 heterocycles. The molecule has 0 atom stereocenters.